The third kappa shape index (κ3) is 4.95. The van der Waals surface area contributed by atoms with Gasteiger partial charge in [0.2, 0.25) is 5.91 Å². The topological polar surface area (TPSA) is 47.4 Å². The lowest BCUT2D eigenvalue weighted by atomic mass is 10.1. The van der Waals surface area contributed by atoms with Gasteiger partial charge >= 0.3 is 0 Å². The number of nitrogens with zero attached hydrogens (tertiary/aromatic N) is 3. The molecule has 1 unspecified atom stereocenters. The molecule has 1 amide bonds. The van der Waals surface area contributed by atoms with E-state index in [0.29, 0.717) is 19.6 Å². The zero-order valence-corrected chi connectivity index (χ0v) is 20.8. The van der Waals surface area contributed by atoms with Crippen molar-refractivity contribution in [1.29, 1.82) is 0 Å². The van der Waals surface area contributed by atoms with Gasteiger partial charge in [-0.25, -0.2) is 4.98 Å². The Morgan fingerprint density at radius 2 is 1.69 bits per heavy atom. The van der Waals surface area contributed by atoms with Crippen molar-refractivity contribution in [3.63, 3.8) is 0 Å². The Hall–Kier alpha value is -3.60. The van der Waals surface area contributed by atoms with Crippen molar-refractivity contribution in [3.8, 4) is 5.75 Å². The summed E-state index contributed by atoms with van der Waals surface area (Å²) in [6.45, 7) is 8.47. The minimum absolute atomic E-state index is 0.0843. The fourth-order valence-electron chi connectivity index (χ4n) is 5.20. The van der Waals surface area contributed by atoms with Crippen LogP contribution in [-0.2, 0) is 11.3 Å². The van der Waals surface area contributed by atoms with E-state index in [-0.39, 0.29) is 11.8 Å². The zero-order valence-electron chi connectivity index (χ0n) is 20.8. The monoisotopic (exact) mass is 467 g/mol. The van der Waals surface area contributed by atoms with Crippen LogP contribution in [0.15, 0.2) is 66.7 Å². The first-order valence-corrected chi connectivity index (χ1v) is 12.5. The van der Waals surface area contributed by atoms with Gasteiger partial charge in [0.25, 0.3) is 0 Å². The Kier molecular flexibility index (Phi) is 6.58. The van der Waals surface area contributed by atoms with Gasteiger partial charge in [0.15, 0.2) is 0 Å². The number of aromatic nitrogens is 2. The lowest BCUT2D eigenvalue weighted by molar-refractivity contribution is -0.117. The number of hydrogen-bond donors (Lipinski definition) is 0. The number of amides is 1. The number of unbranched alkanes of at least 4 members (excludes halogenated alkanes) is 1. The molecule has 0 spiro atoms. The van der Waals surface area contributed by atoms with Crippen molar-refractivity contribution < 1.29 is 9.53 Å². The van der Waals surface area contributed by atoms with Crippen LogP contribution in [0.5, 0.6) is 5.75 Å². The second kappa shape index (κ2) is 9.95. The lowest BCUT2D eigenvalue weighted by Crippen LogP contribution is -2.25. The van der Waals surface area contributed by atoms with Gasteiger partial charge in [-0.05, 0) is 80.6 Å². The maximum Gasteiger partial charge on any atom is 0.227 e. The highest BCUT2D eigenvalue weighted by Gasteiger charge is 2.35. The molecule has 0 aliphatic carbocycles. The summed E-state index contributed by atoms with van der Waals surface area (Å²) >= 11 is 0. The highest BCUT2D eigenvalue weighted by Crippen LogP contribution is 2.34. The average Bonchev–Trinajstić information content (AvgIpc) is 3.39. The summed E-state index contributed by atoms with van der Waals surface area (Å²) < 4.78 is 8.34. The smallest absolute Gasteiger partial charge is 0.227 e. The summed E-state index contributed by atoms with van der Waals surface area (Å²) in [5, 5.41) is 0. The lowest BCUT2D eigenvalue weighted by Gasteiger charge is -2.19. The summed E-state index contributed by atoms with van der Waals surface area (Å²) in [5.41, 5.74) is 6.71. The Bertz CT molecular complexity index is 1340. The number of anilines is 1. The number of fused-ring (bicyclic) bond motifs is 1. The number of hydrogen-bond acceptors (Lipinski definition) is 3. The van der Waals surface area contributed by atoms with Gasteiger partial charge in [0, 0.05) is 31.1 Å². The average molecular weight is 468 g/mol. The van der Waals surface area contributed by atoms with Crippen LogP contribution in [0.25, 0.3) is 11.0 Å². The van der Waals surface area contributed by atoms with Crippen LogP contribution in [0.1, 0.15) is 47.7 Å². The fraction of sp³-hybridized carbons (Fsp3) is 0.333. The minimum atomic E-state index is 0.0843. The van der Waals surface area contributed by atoms with E-state index in [2.05, 4.69) is 67.8 Å². The van der Waals surface area contributed by atoms with Gasteiger partial charge in [-0.2, -0.15) is 0 Å². The first-order valence-electron chi connectivity index (χ1n) is 12.5. The molecule has 1 aromatic heterocycles. The molecule has 1 saturated heterocycles. The molecule has 5 nitrogen and oxygen atoms in total. The Balaban J connectivity index is 1.30. The van der Waals surface area contributed by atoms with Gasteiger partial charge < -0.3 is 14.2 Å². The molecule has 0 N–H and O–H groups in total. The molecule has 1 fully saturated rings. The van der Waals surface area contributed by atoms with Crippen molar-refractivity contribution in [2.45, 2.75) is 52.5 Å². The molecule has 5 rings (SSSR count). The quantitative estimate of drug-likeness (QED) is 0.284. The number of carbonyl (C=O) groups excluding carboxylic acids is 1. The molecular formula is C30H33N3O2. The van der Waals surface area contributed by atoms with Crippen molar-refractivity contribution in [2.75, 3.05) is 18.1 Å². The number of rotatable bonds is 8. The van der Waals surface area contributed by atoms with E-state index in [4.69, 9.17) is 9.72 Å². The number of para-hydroxylation sites is 3. The van der Waals surface area contributed by atoms with Gasteiger partial charge in [-0.1, -0.05) is 36.4 Å². The molecule has 0 bridgehead atoms. The predicted octanol–water partition coefficient (Wildman–Crippen LogP) is 6.34. The zero-order chi connectivity index (χ0) is 24.4. The van der Waals surface area contributed by atoms with Crippen LogP contribution >= 0.6 is 0 Å². The molecule has 3 aromatic carbocycles. The summed E-state index contributed by atoms with van der Waals surface area (Å²) in [6, 6.07) is 22.7. The number of imidazole rings is 1. The fourth-order valence-corrected chi connectivity index (χ4v) is 5.20. The summed E-state index contributed by atoms with van der Waals surface area (Å²) in [7, 11) is 0. The first-order chi connectivity index (χ1) is 17.0. The van der Waals surface area contributed by atoms with Gasteiger partial charge in [-0.3, -0.25) is 4.79 Å². The van der Waals surface area contributed by atoms with Crippen molar-refractivity contribution in [3.05, 3.63) is 89.2 Å². The number of ether oxygens (including phenoxy) is 1. The molecule has 0 radical (unpaired) electrons. The summed E-state index contributed by atoms with van der Waals surface area (Å²) in [5.74, 6) is 2.22. The molecule has 180 valence electrons. The first kappa shape index (κ1) is 23.2. The highest BCUT2D eigenvalue weighted by molar-refractivity contribution is 5.97. The molecule has 5 heteroatoms. The van der Waals surface area contributed by atoms with Gasteiger partial charge in [-0.15, -0.1) is 0 Å². The molecule has 1 aliphatic rings. The van der Waals surface area contributed by atoms with Crippen LogP contribution in [0.3, 0.4) is 0 Å². The maximum absolute atomic E-state index is 13.0. The largest absolute Gasteiger partial charge is 0.494 e. The highest BCUT2D eigenvalue weighted by atomic mass is 16.5. The normalized spacial score (nSPS) is 15.8. The summed E-state index contributed by atoms with van der Waals surface area (Å²) in [6.07, 6.45) is 2.44. The van der Waals surface area contributed by atoms with E-state index < -0.39 is 0 Å². The molecule has 0 saturated carbocycles. The van der Waals surface area contributed by atoms with Crippen molar-refractivity contribution in [1.82, 2.24) is 9.55 Å². The maximum atomic E-state index is 13.0. The SMILES string of the molecule is Cc1cc(C)cc(OCCCCn2c(C3CC(=O)N(c4ccccc4C)C3)nc3ccccc32)c1. The third-order valence-corrected chi connectivity index (χ3v) is 6.82. The summed E-state index contributed by atoms with van der Waals surface area (Å²) in [4.78, 5) is 19.9. The minimum Gasteiger partial charge on any atom is -0.494 e. The number of carbonyl (C=O) groups is 1. The molecule has 35 heavy (non-hydrogen) atoms. The van der Waals surface area contributed by atoms with E-state index in [1.54, 1.807) is 0 Å². The van der Waals surface area contributed by atoms with E-state index in [1.165, 1.54) is 11.1 Å². The Morgan fingerprint density at radius 1 is 0.943 bits per heavy atom. The Morgan fingerprint density at radius 3 is 2.49 bits per heavy atom. The standard InChI is InChI=1S/C30H33N3O2/c1-21-16-22(2)18-25(17-21)35-15-9-8-14-32-28-13-7-5-11-26(28)31-30(32)24-19-29(34)33(20-24)27-12-6-4-10-23(27)3/h4-7,10-13,16-18,24H,8-9,14-15,19-20H2,1-3H3. The van der Waals surface area contributed by atoms with Crippen molar-refractivity contribution in [2.24, 2.45) is 0 Å². The van der Waals surface area contributed by atoms with Crippen LogP contribution in [0.2, 0.25) is 0 Å². The molecule has 2 heterocycles. The second-order valence-electron chi connectivity index (χ2n) is 9.68. The molecule has 4 aromatic rings. The second-order valence-corrected chi connectivity index (χ2v) is 9.68. The van der Waals surface area contributed by atoms with Crippen LogP contribution < -0.4 is 9.64 Å². The molecule has 1 atom stereocenters. The van der Waals surface area contributed by atoms with Gasteiger partial charge in [0.1, 0.15) is 11.6 Å². The molecule has 1 aliphatic heterocycles. The third-order valence-electron chi connectivity index (χ3n) is 6.82. The van der Waals surface area contributed by atoms with Crippen LogP contribution in [0, 0.1) is 20.8 Å². The van der Waals surface area contributed by atoms with E-state index >= 15 is 0 Å². The van der Waals surface area contributed by atoms with Crippen LogP contribution in [-0.4, -0.2) is 28.6 Å². The number of benzene rings is 3. The van der Waals surface area contributed by atoms with E-state index in [0.717, 1.165) is 53.2 Å². The van der Waals surface area contributed by atoms with E-state index in [9.17, 15) is 4.79 Å². The predicted molar refractivity (Wildman–Crippen MR) is 141 cm³/mol. The van der Waals surface area contributed by atoms with Gasteiger partial charge in [0.05, 0.1) is 17.6 Å². The van der Waals surface area contributed by atoms with Crippen molar-refractivity contribution >= 4 is 22.6 Å². The van der Waals surface area contributed by atoms with Crippen LogP contribution in [0.4, 0.5) is 5.69 Å². The molecular weight excluding hydrogens is 434 g/mol. The van der Waals surface area contributed by atoms with E-state index in [1.807, 2.05) is 29.2 Å². The Labute approximate surface area is 207 Å². The number of aryl methyl sites for hydroxylation is 4.